The fraction of sp³-hybridized carbons (Fsp3) is 0.294. The molecule has 2 unspecified atom stereocenters. The molecule has 2 aromatic rings. The lowest BCUT2D eigenvalue weighted by Crippen LogP contribution is -2.24. The van der Waals surface area contributed by atoms with E-state index in [1.54, 1.807) is 31.0 Å². The number of nitrogens with zero attached hydrogens (tertiary/aromatic N) is 1. The summed E-state index contributed by atoms with van der Waals surface area (Å²) in [5, 5.41) is 10.5. The third-order valence-corrected chi connectivity index (χ3v) is 4.10. The van der Waals surface area contributed by atoms with Gasteiger partial charge < -0.3 is 10.0 Å². The highest BCUT2D eigenvalue weighted by molar-refractivity contribution is 6.31. The van der Waals surface area contributed by atoms with Gasteiger partial charge in [-0.15, -0.1) is 0 Å². The molecule has 0 aliphatic rings. The Bertz CT molecular complexity index is 630. The van der Waals surface area contributed by atoms with Crippen LogP contribution in [0, 0.1) is 5.82 Å². The van der Waals surface area contributed by atoms with Crippen LogP contribution in [0.25, 0.3) is 0 Å². The maximum atomic E-state index is 14.3. The van der Waals surface area contributed by atoms with Gasteiger partial charge in [0.1, 0.15) is 5.82 Å². The Morgan fingerprint density at radius 3 is 2.29 bits per heavy atom. The minimum Gasteiger partial charge on any atom is -0.389 e. The second-order valence-electron chi connectivity index (χ2n) is 5.16. The summed E-state index contributed by atoms with van der Waals surface area (Å²) >= 11 is 6.22. The molecule has 1 N–H and O–H groups in total. The molecule has 2 atom stereocenters. The quantitative estimate of drug-likeness (QED) is 0.882. The average molecular weight is 308 g/mol. The van der Waals surface area contributed by atoms with E-state index >= 15 is 0 Å². The van der Waals surface area contributed by atoms with E-state index in [0.29, 0.717) is 16.3 Å². The molecule has 2 nitrogen and oxygen atoms in total. The zero-order valence-corrected chi connectivity index (χ0v) is 13.1. The van der Waals surface area contributed by atoms with Gasteiger partial charge in [0.05, 0.1) is 17.8 Å². The first-order valence-corrected chi connectivity index (χ1v) is 7.25. The first-order chi connectivity index (χ1) is 9.93. The van der Waals surface area contributed by atoms with E-state index in [4.69, 9.17) is 11.6 Å². The van der Waals surface area contributed by atoms with Gasteiger partial charge in [0.25, 0.3) is 0 Å². The van der Waals surface area contributed by atoms with Gasteiger partial charge in [0, 0.05) is 17.6 Å². The minimum absolute atomic E-state index is 0.118. The normalized spacial score (nSPS) is 13.8. The monoisotopic (exact) mass is 307 g/mol. The minimum atomic E-state index is -0.739. The van der Waals surface area contributed by atoms with Crippen LogP contribution in [0.15, 0.2) is 42.5 Å². The number of anilines is 1. The second kappa shape index (κ2) is 6.46. The van der Waals surface area contributed by atoms with Gasteiger partial charge in [0.2, 0.25) is 0 Å². The maximum Gasteiger partial charge on any atom is 0.146 e. The van der Waals surface area contributed by atoms with Crippen LogP contribution >= 0.6 is 11.6 Å². The van der Waals surface area contributed by atoms with Crippen molar-refractivity contribution in [1.82, 2.24) is 0 Å². The number of hydrogen-bond acceptors (Lipinski definition) is 2. The number of hydrogen-bond donors (Lipinski definition) is 1. The number of para-hydroxylation sites is 1. The van der Waals surface area contributed by atoms with Crippen molar-refractivity contribution >= 4 is 17.3 Å². The molecule has 0 amide bonds. The van der Waals surface area contributed by atoms with Crippen molar-refractivity contribution in [2.75, 3.05) is 11.9 Å². The van der Waals surface area contributed by atoms with Crippen LogP contribution in [0.2, 0.25) is 5.02 Å². The molecule has 0 saturated carbocycles. The van der Waals surface area contributed by atoms with E-state index in [1.165, 1.54) is 6.07 Å². The molecule has 0 aliphatic carbocycles. The van der Waals surface area contributed by atoms with Crippen LogP contribution in [0.1, 0.15) is 37.1 Å². The van der Waals surface area contributed by atoms with Gasteiger partial charge >= 0.3 is 0 Å². The van der Waals surface area contributed by atoms with Gasteiger partial charge in [-0.05, 0) is 31.5 Å². The first-order valence-electron chi connectivity index (χ1n) is 6.87. The third-order valence-electron chi connectivity index (χ3n) is 3.76. The first kappa shape index (κ1) is 15.8. The Labute approximate surface area is 129 Å². The molecule has 2 rings (SSSR count). The molecule has 2 aromatic carbocycles. The Kier molecular flexibility index (Phi) is 4.86. The van der Waals surface area contributed by atoms with Gasteiger partial charge in [-0.1, -0.05) is 41.9 Å². The lowest BCUT2D eigenvalue weighted by Gasteiger charge is -2.30. The fourth-order valence-electron chi connectivity index (χ4n) is 2.46. The highest BCUT2D eigenvalue weighted by Crippen LogP contribution is 2.35. The smallest absolute Gasteiger partial charge is 0.146 e. The number of halogens is 2. The summed E-state index contributed by atoms with van der Waals surface area (Å²) < 4.78 is 14.3. The molecule has 0 radical (unpaired) electrons. The molecule has 4 heteroatoms. The Hall–Kier alpha value is -1.58. The van der Waals surface area contributed by atoms with Gasteiger partial charge in [-0.25, -0.2) is 4.39 Å². The number of aliphatic hydroxyl groups excluding tert-OH is 1. The summed E-state index contributed by atoms with van der Waals surface area (Å²) in [5.74, 6) is -0.352. The summed E-state index contributed by atoms with van der Waals surface area (Å²) in [5.41, 5.74) is 1.89. The van der Waals surface area contributed by atoms with Gasteiger partial charge in [-0.3, -0.25) is 0 Å². The van der Waals surface area contributed by atoms with Crippen molar-refractivity contribution in [3.8, 4) is 0 Å². The van der Waals surface area contributed by atoms with Crippen LogP contribution in [0.4, 0.5) is 10.1 Å². The predicted octanol–water partition coefficient (Wildman–Crippen LogP) is 4.73. The lowest BCUT2D eigenvalue weighted by molar-refractivity contribution is 0.199. The molecule has 0 aliphatic heterocycles. The Morgan fingerprint density at radius 1 is 1.05 bits per heavy atom. The molecule has 0 saturated heterocycles. The van der Waals surface area contributed by atoms with Crippen LogP contribution in [0.3, 0.4) is 0 Å². The SMILES string of the molecule is CC(O)c1cccc(F)c1N(C)C(C)c1ccccc1Cl. The van der Waals surface area contributed by atoms with E-state index in [2.05, 4.69) is 0 Å². The standard InChI is InChI=1S/C17H19ClFNO/c1-11(13-7-4-5-9-15(13)18)20(3)17-14(12(2)21)8-6-10-16(17)19/h4-12,21H,1-3H3. The predicted molar refractivity (Wildman–Crippen MR) is 85.3 cm³/mol. The number of benzene rings is 2. The molecular formula is C17H19ClFNO. The molecule has 21 heavy (non-hydrogen) atoms. The zero-order valence-electron chi connectivity index (χ0n) is 12.3. The largest absolute Gasteiger partial charge is 0.389 e. The summed E-state index contributed by atoms with van der Waals surface area (Å²) in [6.45, 7) is 3.59. The Morgan fingerprint density at radius 2 is 1.67 bits per heavy atom. The third kappa shape index (κ3) is 3.20. The average Bonchev–Trinajstić information content (AvgIpc) is 2.46. The molecule has 0 fully saturated rings. The van der Waals surface area contributed by atoms with Gasteiger partial charge in [-0.2, -0.15) is 0 Å². The van der Waals surface area contributed by atoms with Crippen molar-refractivity contribution in [1.29, 1.82) is 0 Å². The van der Waals surface area contributed by atoms with Gasteiger partial charge in [0.15, 0.2) is 0 Å². The maximum absolute atomic E-state index is 14.3. The molecule has 0 spiro atoms. The van der Waals surface area contributed by atoms with E-state index in [1.807, 2.05) is 31.2 Å². The molecule has 0 aromatic heterocycles. The topological polar surface area (TPSA) is 23.5 Å². The van der Waals surface area contributed by atoms with Crippen LogP contribution in [-0.2, 0) is 0 Å². The van der Waals surface area contributed by atoms with E-state index in [0.717, 1.165) is 5.56 Å². The highest BCUT2D eigenvalue weighted by atomic mass is 35.5. The van der Waals surface area contributed by atoms with Crippen LogP contribution < -0.4 is 4.90 Å². The van der Waals surface area contributed by atoms with Crippen molar-refractivity contribution in [3.05, 3.63) is 64.4 Å². The van der Waals surface area contributed by atoms with Crippen molar-refractivity contribution in [2.24, 2.45) is 0 Å². The van der Waals surface area contributed by atoms with Crippen molar-refractivity contribution < 1.29 is 9.50 Å². The Balaban J connectivity index is 2.45. The zero-order chi connectivity index (χ0) is 15.6. The highest BCUT2D eigenvalue weighted by Gasteiger charge is 2.22. The van der Waals surface area contributed by atoms with E-state index < -0.39 is 6.10 Å². The number of rotatable bonds is 4. The van der Waals surface area contributed by atoms with E-state index in [-0.39, 0.29) is 11.9 Å². The van der Waals surface area contributed by atoms with Crippen LogP contribution in [0.5, 0.6) is 0 Å². The summed E-state index contributed by atoms with van der Waals surface area (Å²) in [6.07, 6.45) is -0.739. The molecular weight excluding hydrogens is 289 g/mol. The fourth-order valence-corrected chi connectivity index (χ4v) is 2.75. The summed E-state index contributed by atoms with van der Waals surface area (Å²) in [7, 11) is 1.80. The van der Waals surface area contributed by atoms with Crippen molar-refractivity contribution in [3.63, 3.8) is 0 Å². The number of aliphatic hydroxyl groups is 1. The lowest BCUT2D eigenvalue weighted by atomic mass is 10.0. The molecule has 0 bridgehead atoms. The van der Waals surface area contributed by atoms with E-state index in [9.17, 15) is 9.50 Å². The summed E-state index contributed by atoms with van der Waals surface area (Å²) in [6, 6.07) is 12.1. The molecule has 0 heterocycles. The second-order valence-corrected chi connectivity index (χ2v) is 5.57. The van der Waals surface area contributed by atoms with Crippen LogP contribution in [-0.4, -0.2) is 12.2 Å². The van der Waals surface area contributed by atoms with Crippen molar-refractivity contribution in [2.45, 2.75) is 26.0 Å². The summed E-state index contributed by atoms with van der Waals surface area (Å²) in [4.78, 5) is 1.80. The molecule has 112 valence electrons.